The molecule has 0 aliphatic carbocycles. The molecule has 0 aliphatic heterocycles. The van der Waals surface area contributed by atoms with Crippen LogP contribution in [-0.2, 0) is 19.7 Å². The monoisotopic (exact) mass is 598 g/mol. The van der Waals surface area contributed by atoms with E-state index in [4.69, 9.17) is 4.42 Å². The van der Waals surface area contributed by atoms with Crippen LogP contribution in [0.25, 0.3) is 34.3 Å². The molecule has 0 unspecified atom stereocenters. The van der Waals surface area contributed by atoms with Gasteiger partial charge in [-0.2, -0.15) is 23.0 Å². The van der Waals surface area contributed by atoms with E-state index < -0.39 is 53.2 Å². The van der Waals surface area contributed by atoms with Crippen LogP contribution in [0.5, 0.6) is 0 Å². The van der Waals surface area contributed by atoms with Crippen LogP contribution in [0.3, 0.4) is 0 Å². The predicted octanol–water partition coefficient (Wildman–Crippen LogP) is 2.85. The summed E-state index contributed by atoms with van der Waals surface area (Å²) in [6.07, 6.45) is 1.96. The van der Waals surface area contributed by atoms with E-state index in [1.807, 2.05) is 0 Å². The maximum Gasteiger partial charge on any atom is 0.501 e. The minimum Gasteiger partial charge on any atom is -0.435 e. The van der Waals surface area contributed by atoms with E-state index in [-0.39, 0.29) is 33.4 Å². The maximum absolute atomic E-state index is 13.2. The molecule has 4 heterocycles. The molecule has 0 atom stereocenters. The molecule has 0 saturated heterocycles. The van der Waals surface area contributed by atoms with E-state index in [0.29, 0.717) is 12.1 Å². The summed E-state index contributed by atoms with van der Waals surface area (Å²) in [5, 5.41) is 3.93. The molecule has 4 aromatic heterocycles. The normalized spacial score (nSPS) is 12.7. The molecule has 0 N–H and O–H groups in total. The van der Waals surface area contributed by atoms with Gasteiger partial charge in [0.15, 0.2) is 21.2 Å². The molecule has 1 aromatic carbocycles. The Hall–Kier alpha value is -4.45. The van der Waals surface area contributed by atoms with Crippen LogP contribution < -0.4 is 5.69 Å². The quantitative estimate of drug-likeness (QED) is 0.266. The summed E-state index contributed by atoms with van der Waals surface area (Å²) in [7, 11) is -9.68. The number of fused-ring (bicyclic) bond motifs is 1. The highest BCUT2D eigenvalue weighted by atomic mass is 32.2. The third kappa shape index (κ3) is 4.53. The molecular formula is C22H14F4N6O6S2. The highest BCUT2D eigenvalue weighted by molar-refractivity contribution is 7.92. The summed E-state index contributed by atoms with van der Waals surface area (Å²) < 4.78 is 109. The van der Waals surface area contributed by atoms with Gasteiger partial charge < -0.3 is 4.42 Å². The minimum absolute atomic E-state index is 0.0339. The van der Waals surface area contributed by atoms with Gasteiger partial charge in [-0.05, 0) is 42.5 Å². The molecule has 0 radical (unpaired) electrons. The number of hydrogen-bond acceptors (Lipinski definition) is 10. The number of hydrogen-bond donors (Lipinski definition) is 0. The Kier molecular flexibility index (Phi) is 6.33. The van der Waals surface area contributed by atoms with Crippen molar-refractivity contribution in [1.82, 2.24) is 29.3 Å². The zero-order valence-electron chi connectivity index (χ0n) is 19.9. The number of rotatable bonds is 6. The second-order valence-electron chi connectivity index (χ2n) is 8.05. The number of oxazole rings is 1. The molecule has 208 valence electrons. The number of sulfone groups is 2. The van der Waals surface area contributed by atoms with Gasteiger partial charge in [-0.15, -0.1) is 0 Å². The fraction of sp³-hybridized carbons (Fsp3) is 0.136. The van der Waals surface area contributed by atoms with E-state index in [1.165, 1.54) is 19.1 Å². The van der Waals surface area contributed by atoms with Crippen molar-refractivity contribution in [3.05, 3.63) is 71.3 Å². The maximum atomic E-state index is 13.2. The molecule has 18 heteroatoms. The van der Waals surface area contributed by atoms with Gasteiger partial charge in [0.1, 0.15) is 29.2 Å². The average Bonchev–Trinajstić information content (AvgIpc) is 3.51. The number of pyridine rings is 2. The fourth-order valence-electron chi connectivity index (χ4n) is 3.55. The van der Waals surface area contributed by atoms with E-state index >= 15 is 0 Å². The van der Waals surface area contributed by atoms with Crippen LogP contribution in [-0.4, -0.2) is 57.4 Å². The standard InChI is InChI=1S/C22H14F4N6O6S2/c1-2-39(34,35)16-6-8-18(32-21(33)31(11-28-32)17-7-3-12(23)10-27-17)30-19(16)20-29-14-9-13(4-5-15(14)38-20)40(36,37)22(24,25)26/h3-11H,2H2,1H3. The van der Waals surface area contributed by atoms with Gasteiger partial charge in [-0.1, -0.05) is 6.92 Å². The summed E-state index contributed by atoms with van der Waals surface area (Å²) in [6.45, 7) is 1.36. The molecular weight excluding hydrogens is 584 g/mol. The van der Waals surface area contributed by atoms with Gasteiger partial charge in [0.05, 0.1) is 21.7 Å². The lowest BCUT2D eigenvalue weighted by molar-refractivity contribution is -0.0436. The lowest BCUT2D eigenvalue weighted by atomic mass is 10.3. The number of benzene rings is 1. The molecule has 0 amide bonds. The zero-order chi connectivity index (χ0) is 29.0. The summed E-state index contributed by atoms with van der Waals surface area (Å²) in [6, 6.07) is 6.83. The van der Waals surface area contributed by atoms with Crippen molar-refractivity contribution in [2.45, 2.75) is 22.2 Å². The van der Waals surface area contributed by atoms with Crippen LogP contribution in [0.1, 0.15) is 6.92 Å². The number of nitrogens with zero attached hydrogens (tertiary/aromatic N) is 6. The van der Waals surface area contributed by atoms with Crippen LogP contribution >= 0.6 is 0 Å². The van der Waals surface area contributed by atoms with Gasteiger partial charge in [0, 0.05) is 0 Å². The summed E-state index contributed by atoms with van der Waals surface area (Å²) in [5.74, 6) is -1.65. The molecule has 5 rings (SSSR count). The molecule has 5 aromatic rings. The molecule has 12 nitrogen and oxygen atoms in total. The second kappa shape index (κ2) is 9.33. The Balaban J connectivity index is 1.67. The molecule has 0 bridgehead atoms. The Labute approximate surface area is 221 Å². The average molecular weight is 599 g/mol. The first kappa shape index (κ1) is 27.1. The number of aromatic nitrogens is 6. The lowest BCUT2D eigenvalue weighted by Gasteiger charge is -2.08. The van der Waals surface area contributed by atoms with Gasteiger partial charge in [-0.25, -0.2) is 45.5 Å². The first-order chi connectivity index (χ1) is 18.7. The largest absolute Gasteiger partial charge is 0.501 e. The smallest absolute Gasteiger partial charge is 0.435 e. The van der Waals surface area contributed by atoms with Crippen molar-refractivity contribution in [2.75, 3.05) is 5.75 Å². The van der Waals surface area contributed by atoms with Crippen molar-refractivity contribution < 1.29 is 38.8 Å². The van der Waals surface area contributed by atoms with Gasteiger partial charge in [0.2, 0.25) is 5.89 Å². The Morgan fingerprint density at radius 3 is 2.35 bits per heavy atom. The predicted molar refractivity (Wildman–Crippen MR) is 129 cm³/mol. The Morgan fingerprint density at radius 1 is 0.975 bits per heavy atom. The van der Waals surface area contributed by atoms with E-state index in [1.54, 1.807) is 0 Å². The lowest BCUT2D eigenvalue weighted by Crippen LogP contribution is -2.24. The topological polar surface area (TPSA) is 160 Å². The summed E-state index contributed by atoms with van der Waals surface area (Å²) in [4.78, 5) is 23.5. The SMILES string of the molecule is CCS(=O)(=O)c1ccc(-n2ncn(-c3ccc(F)cn3)c2=O)nc1-c1nc2cc(S(=O)(=O)C(F)(F)F)ccc2o1. The summed E-state index contributed by atoms with van der Waals surface area (Å²) >= 11 is 0. The van der Waals surface area contributed by atoms with E-state index in [2.05, 4.69) is 20.1 Å². The van der Waals surface area contributed by atoms with Crippen molar-refractivity contribution in [3.63, 3.8) is 0 Å². The Bertz CT molecular complexity index is 2050. The highest BCUT2D eigenvalue weighted by Crippen LogP contribution is 2.34. The van der Waals surface area contributed by atoms with Crippen LogP contribution in [0.2, 0.25) is 0 Å². The molecule has 0 saturated carbocycles. The Morgan fingerprint density at radius 2 is 1.70 bits per heavy atom. The first-order valence-electron chi connectivity index (χ1n) is 11.0. The zero-order valence-corrected chi connectivity index (χ0v) is 21.5. The fourth-order valence-corrected chi connectivity index (χ4v) is 5.35. The van der Waals surface area contributed by atoms with E-state index in [0.717, 1.165) is 40.0 Å². The van der Waals surface area contributed by atoms with Gasteiger partial charge >= 0.3 is 11.2 Å². The third-order valence-electron chi connectivity index (χ3n) is 5.58. The van der Waals surface area contributed by atoms with Crippen molar-refractivity contribution >= 4 is 30.8 Å². The summed E-state index contributed by atoms with van der Waals surface area (Å²) in [5.41, 5.74) is -7.26. The van der Waals surface area contributed by atoms with Crippen LogP contribution in [0.4, 0.5) is 17.6 Å². The second-order valence-corrected chi connectivity index (χ2v) is 12.2. The first-order valence-corrected chi connectivity index (χ1v) is 14.1. The molecule has 0 spiro atoms. The highest BCUT2D eigenvalue weighted by Gasteiger charge is 2.47. The van der Waals surface area contributed by atoms with Gasteiger partial charge in [-0.3, -0.25) is 0 Å². The number of alkyl halides is 3. The van der Waals surface area contributed by atoms with Crippen LogP contribution in [0.15, 0.2) is 74.0 Å². The number of halogens is 4. The molecule has 0 fully saturated rings. The molecule has 0 aliphatic rings. The van der Waals surface area contributed by atoms with Gasteiger partial charge in [0.25, 0.3) is 9.84 Å². The van der Waals surface area contributed by atoms with Crippen molar-refractivity contribution in [2.24, 2.45) is 0 Å². The molecule has 40 heavy (non-hydrogen) atoms. The van der Waals surface area contributed by atoms with E-state index in [9.17, 15) is 39.2 Å². The minimum atomic E-state index is -5.70. The third-order valence-corrected chi connectivity index (χ3v) is 8.82. The van der Waals surface area contributed by atoms with Crippen molar-refractivity contribution in [1.29, 1.82) is 0 Å². The van der Waals surface area contributed by atoms with Crippen molar-refractivity contribution in [3.8, 4) is 23.2 Å². The van der Waals surface area contributed by atoms with Crippen LogP contribution in [0, 0.1) is 5.82 Å².